The van der Waals surface area contributed by atoms with Crippen LogP contribution in [0.3, 0.4) is 0 Å². The minimum absolute atomic E-state index is 0.0310. The molecule has 2 heterocycles. The lowest BCUT2D eigenvalue weighted by Gasteiger charge is -2.38. The van der Waals surface area contributed by atoms with Crippen molar-refractivity contribution in [3.63, 3.8) is 0 Å². The Balaban J connectivity index is 1.27. The Morgan fingerprint density at radius 1 is 1.08 bits per heavy atom. The van der Waals surface area contributed by atoms with E-state index in [1.165, 1.54) is 0 Å². The summed E-state index contributed by atoms with van der Waals surface area (Å²) in [6, 6.07) is 15.0. The first-order valence-corrected chi connectivity index (χ1v) is 12.6. The van der Waals surface area contributed by atoms with E-state index in [4.69, 9.17) is 10.00 Å². The smallest absolute Gasteiger partial charge is 0.255 e. The molecule has 2 fully saturated rings. The topological polar surface area (TPSA) is 103 Å². The highest BCUT2D eigenvalue weighted by Gasteiger charge is 2.39. The zero-order chi connectivity index (χ0) is 25.2. The number of ether oxygens (including phenoxy) is 1. The van der Waals surface area contributed by atoms with Crippen molar-refractivity contribution in [2.45, 2.75) is 69.8 Å². The first kappa shape index (κ1) is 24.0. The molecule has 1 unspecified atom stereocenters. The standard InChI is InChI=1S/C28H30N4O4/c1-31(16-19-8-6-18(15-29)7-9-19)23-4-2-3-5-25(23)36-21-10-11-22-20(14-21)17-32(28(22)35)24-12-13-26(33)30-27(24)34/h6-11,14,23-25H,2-5,12-13,16-17H2,1H3,(H,30,33,34)/t23-,24?,25+/m1/s1. The van der Waals surface area contributed by atoms with Crippen molar-refractivity contribution in [3.05, 3.63) is 64.7 Å². The molecule has 2 aliphatic heterocycles. The molecular formula is C28H30N4O4. The third kappa shape index (κ3) is 4.84. The average Bonchev–Trinajstić information content (AvgIpc) is 3.20. The van der Waals surface area contributed by atoms with Gasteiger partial charge in [0, 0.05) is 31.1 Å². The number of nitrogens with zero attached hydrogens (tertiary/aromatic N) is 3. The van der Waals surface area contributed by atoms with E-state index in [1.54, 1.807) is 11.0 Å². The summed E-state index contributed by atoms with van der Waals surface area (Å²) in [5, 5.41) is 11.4. The summed E-state index contributed by atoms with van der Waals surface area (Å²) in [5.74, 6) is -0.138. The Hall–Kier alpha value is -3.70. The van der Waals surface area contributed by atoms with E-state index < -0.39 is 11.9 Å². The summed E-state index contributed by atoms with van der Waals surface area (Å²) in [7, 11) is 2.11. The number of hydrogen-bond donors (Lipinski definition) is 1. The van der Waals surface area contributed by atoms with Crippen LogP contribution in [0.15, 0.2) is 42.5 Å². The van der Waals surface area contributed by atoms with Gasteiger partial charge in [-0.25, -0.2) is 0 Å². The number of hydrogen-bond acceptors (Lipinski definition) is 6. The van der Waals surface area contributed by atoms with Crippen LogP contribution in [0, 0.1) is 11.3 Å². The predicted octanol–water partition coefficient (Wildman–Crippen LogP) is 3.14. The molecule has 2 aromatic carbocycles. The largest absolute Gasteiger partial charge is 0.489 e. The number of fused-ring (bicyclic) bond motifs is 1. The maximum Gasteiger partial charge on any atom is 0.255 e. The number of imide groups is 1. The molecule has 8 nitrogen and oxygen atoms in total. The van der Waals surface area contributed by atoms with Crippen molar-refractivity contribution in [1.82, 2.24) is 15.1 Å². The first-order valence-electron chi connectivity index (χ1n) is 12.6. The van der Waals surface area contributed by atoms with Crippen molar-refractivity contribution in [3.8, 4) is 11.8 Å². The van der Waals surface area contributed by atoms with E-state index in [0.717, 1.165) is 49.1 Å². The van der Waals surface area contributed by atoms with E-state index >= 15 is 0 Å². The van der Waals surface area contributed by atoms with E-state index in [9.17, 15) is 14.4 Å². The molecule has 2 aromatic rings. The molecule has 36 heavy (non-hydrogen) atoms. The number of benzene rings is 2. The fraction of sp³-hybridized carbons (Fsp3) is 0.429. The number of nitriles is 1. The summed E-state index contributed by atoms with van der Waals surface area (Å²) >= 11 is 0. The Bertz CT molecular complexity index is 1220. The summed E-state index contributed by atoms with van der Waals surface area (Å²) in [5.41, 5.74) is 3.25. The number of likely N-dealkylation sites (N-methyl/N-ethyl adjacent to an activating group) is 1. The van der Waals surface area contributed by atoms with Crippen LogP contribution in [0.2, 0.25) is 0 Å². The fourth-order valence-electron chi connectivity index (χ4n) is 5.61. The quantitative estimate of drug-likeness (QED) is 0.630. The zero-order valence-corrected chi connectivity index (χ0v) is 20.4. The SMILES string of the molecule is CN(Cc1ccc(C#N)cc1)[C@@H]1CCCC[C@@H]1Oc1ccc2c(c1)CN(C1CCC(=O)NC1=O)C2=O. The van der Waals surface area contributed by atoms with Crippen LogP contribution in [0.5, 0.6) is 5.75 Å². The van der Waals surface area contributed by atoms with E-state index in [0.29, 0.717) is 24.1 Å². The Labute approximate surface area is 210 Å². The van der Waals surface area contributed by atoms with Gasteiger partial charge in [-0.05, 0) is 74.2 Å². The van der Waals surface area contributed by atoms with Crippen LogP contribution >= 0.6 is 0 Å². The lowest BCUT2D eigenvalue weighted by Crippen LogP contribution is -2.52. The van der Waals surface area contributed by atoms with Crippen LogP contribution < -0.4 is 10.1 Å². The second kappa shape index (κ2) is 10.1. The number of rotatable bonds is 6. The maximum atomic E-state index is 13.0. The van der Waals surface area contributed by atoms with Crippen molar-refractivity contribution >= 4 is 17.7 Å². The molecule has 1 saturated heterocycles. The molecule has 0 bridgehead atoms. The number of amides is 3. The normalized spacial score (nSPS) is 23.9. The van der Waals surface area contributed by atoms with Gasteiger partial charge in [-0.2, -0.15) is 5.26 Å². The molecule has 8 heteroatoms. The molecular weight excluding hydrogens is 456 g/mol. The van der Waals surface area contributed by atoms with Crippen molar-refractivity contribution < 1.29 is 19.1 Å². The molecule has 3 atom stereocenters. The van der Waals surface area contributed by atoms with Crippen molar-refractivity contribution in [1.29, 1.82) is 5.26 Å². The van der Waals surface area contributed by atoms with Gasteiger partial charge in [0.15, 0.2) is 0 Å². The van der Waals surface area contributed by atoms with Crippen molar-refractivity contribution in [2.75, 3.05) is 7.05 Å². The van der Waals surface area contributed by atoms with E-state index in [2.05, 4.69) is 23.3 Å². The highest BCUT2D eigenvalue weighted by molar-refractivity contribution is 6.05. The third-order valence-electron chi connectivity index (χ3n) is 7.53. The fourth-order valence-corrected chi connectivity index (χ4v) is 5.61. The van der Waals surface area contributed by atoms with Crippen LogP contribution in [-0.2, 0) is 22.7 Å². The molecule has 0 spiro atoms. The Kier molecular flexibility index (Phi) is 6.75. The maximum absolute atomic E-state index is 13.0. The third-order valence-corrected chi connectivity index (χ3v) is 7.53. The van der Waals surface area contributed by atoms with E-state index in [1.807, 2.05) is 36.4 Å². The van der Waals surface area contributed by atoms with Gasteiger partial charge >= 0.3 is 0 Å². The van der Waals surface area contributed by atoms with Gasteiger partial charge in [-0.1, -0.05) is 18.6 Å². The molecule has 3 amide bonds. The molecule has 3 aliphatic rings. The Morgan fingerprint density at radius 3 is 2.61 bits per heavy atom. The predicted molar refractivity (Wildman–Crippen MR) is 132 cm³/mol. The highest BCUT2D eigenvalue weighted by atomic mass is 16.5. The summed E-state index contributed by atoms with van der Waals surface area (Å²) in [6.07, 6.45) is 4.89. The first-order chi connectivity index (χ1) is 17.4. The van der Waals surface area contributed by atoms with Crippen LogP contribution in [0.1, 0.15) is 65.6 Å². The minimum atomic E-state index is -0.620. The van der Waals surface area contributed by atoms with E-state index in [-0.39, 0.29) is 30.4 Å². The molecule has 186 valence electrons. The number of piperidine rings is 1. The number of nitrogens with one attached hydrogen (secondary N) is 1. The van der Waals surface area contributed by atoms with Gasteiger partial charge in [0.05, 0.1) is 11.6 Å². The summed E-state index contributed by atoms with van der Waals surface area (Å²) < 4.78 is 6.50. The van der Waals surface area contributed by atoms with Gasteiger partial charge < -0.3 is 9.64 Å². The van der Waals surface area contributed by atoms with Crippen LogP contribution in [0.25, 0.3) is 0 Å². The van der Waals surface area contributed by atoms with Crippen LogP contribution in [-0.4, -0.2) is 52.8 Å². The van der Waals surface area contributed by atoms with Gasteiger partial charge in [0.25, 0.3) is 5.91 Å². The zero-order valence-electron chi connectivity index (χ0n) is 20.4. The molecule has 1 N–H and O–H groups in total. The van der Waals surface area contributed by atoms with Crippen LogP contribution in [0.4, 0.5) is 0 Å². The summed E-state index contributed by atoms with van der Waals surface area (Å²) in [4.78, 5) is 40.7. The second-order valence-electron chi connectivity index (χ2n) is 9.95. The molecule has 1 aliphatic carbocycles. The number of carbonyl (C=O) groups is 3. The summed E-state index contributed by atoms with van der Waals surface area (Å²) in [6.45, 7) is 1.11. The van der Waals surface area contributed by atoms with Gasteiger partial charge in [-0.3, -0.25) is 24.6 Å². The Morgan fingerprint density at radius 2 is 1.86 bits per heavy atom. The van der Waals surface area contributed by atoms with Gasteiger partial charge in [-0.15, -0.1) is 0 Å². The average molecular weight is 487 g/mol. The molecule has 0 radical (unpaired) electrons. The monoisotopic (exact) mass is 486 g/mol. The molecule has 0 aromatic heterocycles. The highest BCUT2D eigenvalue weighted by Crippen LogP contribution is 2.33. The van der Waals surface area contributed by atoms with Gasteiger partial charge in [0.1, 0.15) is 17.9 Å². The minimum Gasteiger partial charge on any atom is -0.489 e. The molecule has 1 saturated carbocycles. The molecule has 5 rings (SSSR count). The number of carbonyl (C=O) groups excluding carboxylic acids is 3. The lowest BCUT2D eigenvalue weighted by atomic mass is 9.91. The van der Waals surface area contributed by atoms with Gasteiger partial charge in [0.2, 0.25) is 11.8 Å². The van der Waals surface area contributed by atoms with Crippen molar-refractivity contribution in [2.24, 2.45) is 0 Å². The lowest BCUT2D eigenvalue weighted by molar-refractivity contribution is -0.136. The second-order valence-corrected chi connectivity index (χ2v) is 9.95.